The number of anilines is 2. The SMILES string of the molecule is CN1CCC(N(C)CC2CCN(c3ccc(NC=C4C(=O)NC(=O)c5ccc(I)cc54)cc3)CC2)C1. The highest BCUT2D eigenvalue weighted by atomic mass is 127. The van der Waals surface area contributed by atoms with Gasteiger partial charge in [-0.3, -0.25) is 14.9 Å². The number of nitrogens with one attached hydrogen (secondary N) is 2. The number of fused-ring (bicyclic) bond motifs is 1. The molecule has 3 aliphatic heterocycles. The molecule has 2 saturated heterocycles. The van der Waals surface area contributed by atoms with Crippen LogP contribution in [0, 0.1) is 9.49 Å². The first-order chi connectivity index (χ1) is 17.4. The van der Waals surface area contributed by atoms with Crippen molar-refractivity contribution in [1.29, 1.82) is 0 Å². The molecule has 2 amide bonds. The van der Waals surface area contributed by atoms with Crippen molar-refractivity contribution < 1.29 is 9.59 Å². The first kappa shape index (κ1) is 25.2. The summed E-state index contributed by atoms with van der Waals surface area (Å²) in [6, 6.07) is 14.6. The van der Waals surface area contributed by atoms with Crippen molar-refractivity contribution in [2.45, 2.75) is 25.3 Å². The molecule has 1 unspecified atom stereocenters. The molecule has 0 saturated carbocycles. The molecule has 36 heavy (non-hydrogen) atoms. The summed E-state index contributed by atoms with van der Waals surface area (Å²) in [6.45, 7) is 5.79. The molecule has 2 N–H and O–H groups in total. The average Bonchev–Trinajstić information content (AvgIpc) is 3.31. The molecule has 0 spiro atoms. The highest BCUT2D eigenvalue weighted by Gasteiger charge is 2.28. The minimum atomic E-state index is -0.382. The number of piperidine rings is 1. The van der Waals surface area contributed by atoms with E-state index in [9.17, 15) is 9.59 Å². The van der Waals surface area contributed by atoms with Gasteiger partial charge in [0.05, 0.1) is 5.57 Å². The molecular formula is C28H34IN5O2. The zero-order valence-corrected chi connectivity index (χ0v) is 23.1. The molecule has 8 heteroatoms. The van der Waals surface area contributed by atoms with Crippen LogP contribution in [0.25, 0.3) is 5.57 Å². The first-order valence-corrected chi connectivity index (χ1v) is 13.8. The summed E-state index contributed by atoms with van der Waals surface area (Å²) >= 11 is 2.19. The van der Waals surface area contributed by atoms with Gasteiger partial charge in [-0.05, 0) is 111 Å². The first-order valence-electron chi connectivity index (χ1n) is 12.7. The van der Waals surface area contributed by atoms with Gasteiger partial charge in [-0.1, -0.05) is 0 Å². The molecule has 0 bridgehead atoms. The summed E-state index contributed by atoms with van der Waals surface area (Å²) in [4.78, 5) is 32.1. The van der Waals surface area contributed by atoms with Crippen LogP contribution in [0.4, 0.5) is 11.4 Å². The molecule has 0 radical (unpaired) electrons. The predicted molar refractivity (Wildman–Crippen MR) is 153 cm³/mol. The van der Waals surface area contributed by atoms with Gasteiger partial charge in [0.2, 0.25) is 0 Å². The summed E-state index contributed by atoms with van der Waals surface area (Å²) in [6.07, 6.45) is 5.43. The maximum absolute atomic E-state index is 12.5. The molecule has 5 rings (SSSR count). The van der Waals surface area contributed by atoms with E-state index in [4.69, 9.17) is 0 Å². The van der Waals surface area contributed by atoms with Crippen LogP contribution in [0.3, 0.4) is 0 Å². The molecule has 7 nitrogen and oxygen atoms in total. The van der Waals surface area contributed by atoms with Crippen LogP contribution in [-0.4, -0.2) is 74.5 Å². The molecular weight excluding hydrogens is 565 g/mol. The number of imide groups is 1. The van der Waals surface area contributed by atoms with Gasteiger partial charge in [0.25, 0.3) is 11.8 Å². The molecule has 0 aliphatic carbocycles. The lowest BCUT2D eigenvalue weighted by Gasteiger charge is -2.36. The zero-order valence-electron chi connectivity index (χ0n) is 21.0. The second-order valence-corrected chi connectivity index (χ2v) is 11.5. The predicted octanol–water partition coefficient (Wildman–Crippen LogP) is 3.87. The molecule has 2 aromatic rings. The van der Waals surface area contributed by atoms with Crippen molar-refractivity contribution in [1.82, 2.24) is 15.1 Å². The Kier molecular flexibility index (Phi) is 7.64. The van der Waals surface area contributed by atoms with Gasteiger partial charge in [0, 0.05) is 64.5 Å². The van der Waals surface area contributed by atoms with Crippen LogP contribution in [-0.2, 0) is 4.79 Å². The molecule has 1 atom stereocenters. The van der Waals surface area contributed by atoms with Gasteiger partial charge in [-0.15, -0.1) is 0 Å². The number of carbonyl (C=O) groups excluding carboxylic acids is 2. The van der Waals surface area contributed by atoms with Crippen molar-refractivity contribution in [2.24, 2.45) is 5.92 Å². The van der Waals surface area contributed by atoms with E-state index >= 15 is 0 Å². The van der Waals surface area contributed by atoms with Crippen LogP contribution in [0.2, 0.25) is 0 Å². The molecule has 3 heterocycles. The van der Waals surface area contributed by atoms with E-state index in [0.29, 0.717) is 22.7 Å². The third-order valence-electron chi connectivity index (χ3n) is 7.75. The fourth-order valence-corrected chi connectivity index (χ4v) is 6.06. The number of likely N-dealkylation sites (N-methyl/N-ethyl adjacent to an activating group) is 2. The summed E-state index contributed by atoms with van der Waals surface area (Å²) in [5.41, 5.74) is 3.78. The van der Waals surface area contributed by atoms with Crippen molar-refractivity contribution in [2.75, 3.05) is 57.0 Å². The van der Waals surface area contributed by atoms with Gasteiger partial charge >= 0.3 is 0 Å². The van der Waals surface area contributed by atoms with Crippen molar-refractivity contribution in [3.8, 4) is 0 Å². The molecule has 0 aromatic heterocycles. The Morgan fingerprint density at radius 1 is 1.03 bits per heavy atom. The van der Waals surface area contributed by atoms with Gasteiger partial charge in [-0.25, -0.2) is 0 Å². The van der Waals surface area contributed by atoms with Crippen LogP contribution < -0.4 is 15.5 Å². The molecule has 3 aliphatic rings. The van der Waals surface area contributed by atoms with E-state index in [1.54, 1.807) is 12.3 Å². The van der Waals surface area contributed by atoms with Crippen LogP contribution in [0.1, 0.15) is 35.2 Å². The number of nitrogens with zero attached hydrogens (tertiary/aromatic N) is 3. The third kappa shape index (κ3) is 5.60. The maximum atomic E-state index is 12.5. The highest BCUT2D eigenvalue weighted by molar-refractivity contribution is 14.1. The smallest absolute Gasteiger partial charge is 0.260 e. The van der Waals surface area contributed by atoms with Crippen LogP contribution >= 0.6 is 22.6 Å². The fourth-order valence-electron chi connectivity index (χ4n) is 5.57. The Labute approximate surface area is 227 Å². The monoisotopic (exact) mass is 599 g/mol. The number of hydrogen-bond acceptors (Lipinski definition) is 6. The summed E-state index contributed by atoms with van der Waals surface area (Å²) < 4.78 is 0.977. The number of hydrogen-bond donors (Lipinski definition) is 2. The summed E-state index contributed by atoms with van der Waals surface area (Å²) in [5.74, 6) is 0.0331. The quantitative estimate of drug-likeness (QED) is 0.299. The van der Waals surface area contributed by atoms with Crippen molar-refractivity contribution >= 4 is 51.4 Å². The largest absolute Gasteiger partial charge is 0.372 e. The maximum Gasteiger partial charge on any atom is 0.260 e. The van der Waals surface area contributed by atoms with E-state index < -0.39 is 0 Å². The highest BCUT2D eigenvalue weighted by Crippen LogP contribution is 2.28. The number of benzene rings is 2. The van der Waals surface area contributed by atoms with E-state index in [1.165, 1.54) is 44.6 Å². The zero-order chi connectivity index (χ0) is 25.2. The second kappa shape index (κ2) is 10.9. The van der Waals surface area contributed by atoms with Crippen molar-refractivity contribution in [3.63, 3.8) is 0 Å². The van der Waals surface area contributed by atoms with E-state index in [0.717, 1.165) is 28.3 Å². The summed E-state index contributed by atoms with van der Waals surface area (Å²) in [7, 11) is 4.52. The number of carbonyl (C=O) groups is 2. The number of halogens is 1. The lowest BCUT2D eigenvalue weighted by molar-refractivity contribution is -0.114. The molecule has 2 aromatic carbocycles. The number of rotatable bonds is 6. The Morgan fingerprint density at radius 3 is 2.47 bits per heavy atom. The second-order valence-electron chi connectivity index (χ2n) is 10.3. The normalized spacial score (nSPS) is 22.3. The number of likely N-dealkylation sites (tertiary alicyclic amines) is 1. The Balaban J connectivity index is 1.17. The van der Waals surface area contributed by atoms with E-state index in [2.05, 4.69) is 74.2 Å². The van der Waals surface area contributed by atoms with E-state index in [1.807, 2.05) is 24.3 Å². The lowest BCUT2D eigenvalue weighted by Crippen LogP contribution is -2.41. The Hall–Kier alpha value is -2.43. The summed E-state index contributed by atoms with van der Waals surface area (Å²) in [5, 5.41) is 5.67. The standard InChI is InChI=1S/C28H34IN5O2/c1-32-12-11-23(18-32)33(2)17-19-9-13-34(14-10-19)22-6-4-21(5-7-22)30-16-26-25-15-20(29)3-8-24(25)27(35)31-28(26)36/h3-8,15-16,19,23,30H,9-14,17-18H2,1-2H3,(H,31,35,36). The van der Waals surface area contributed by atoms with E-state index in [-0.39, 0.29) is 11.8 Å². The van der Waals surface area contributed by atoms with Gasteiger partial charge in [0.1, 0.15) is 0 Å². The average molecular weight is 600 g/mol. The Morgan fingerprint density at radius 2 is 1.78 bits per heavy atom. The van der Waals surface area contributed by atoms with Crippen molar-refractivity contribution in [3.05, 3.63) is 63.4 Å². The van der Waals surface area contributed by atoms with Crippen LogP contribution in [0.15, 0.2) is 48.7 Å². The molecule has 2 fully saturated rings. The minimum absolute atomic E-state index is 0.352. The topological polar surface area (TPSA) is 67.9 Å². The Bertz CT molecular complexity index is 1160. The third-order valence-corrected chi connectivity index (χ3v) is 8.43. The van der Waals surface area contributed by atoms with Gasteiger partial charge < -0.3 is 20.0 Å². The van der Waals surface area contributed by atoms with Gasteiger partial charge in [-0.2, -0.15) is 0 Å². The fraction of sp³-hybridized carbons (Fsp3) is 0.429. The molecule has 190 valence electrons. The number of amides is 2. The minimum Gasteiger partial charge on any atom is -0.372 e. The lowest BCUT2D eigenvalue weighted by atomic mass is 9.95. The van der Waals surface area contributed by atoms with Crippen LogP contribution in [0.5, 0.6) is 0 Å². The van der Waals surface area contributed by atoms with Gasteiger partial charge in [0.15, 0.2) is 0 Å².